The van der Waals surface area contributed by atoms with Gasteiger partial charge in [0.25, 0.3) is 0 Å². The van der Waals surface area contributed by atoms with Gasteiger partial charge >= 0.3 is 11.9 Å². The molecule has 0 saturated heterocycles. The van der Waals surface area contributed by atoms with E-state index in [1.54, 1.807) is 33.8 Å². The maximum Gasteiger partial charge on any atom is 0.310 e. The van der Waals surface area contributed by atoms with Gasteiger partial charge in [-0.3, -0.25) is 9.59 Å². The van der Waals surface area contributed by atoms with E-state index in [1.165, 1.54) is 31.4 Å². The molecule has 0 saturated carbocycles. The number of hydrogen-bond acceptors (Lipinski definition) is 8. The molecular formula is C23H30O8. The Morgan fingerprint density at radius 3 is 2.42 bits per heavy atom. The molecule has 2 aromatic rings. The number of furan rings is 1. The van der Waals surface area contributed by atoms with Gasteiger partial charge in [0.15, 0.2) is 0 Å². The summed E-state index contributed by atoms with van der Waals surface area (Å²) < 4.78 is 16.3. The molecule has 31 heavy (non-hydrogen) atoms. The second kappa shape index (κ2) is 9.43. The van der Waals surface area contributed by atoms with Crippen molar-refractivity contribution < 1.29 is 38.8 Å². The third kappa shape index (κ3) is 7.64. The highest BCUT2D eigenvalue weighted by Gasteiger charge is 2.29. The zero-order valence-electron chi connectivity index (χ0n) is 18.5. The molecule has 0 spiro atoms. The van der Waals surface area contributed by atoms with Crippen LogP contribution in [-0.2, 0) is 19.1 Å². The predicted molar refractivity (Wildman–Crippen MR) is 112 cm³/mol. The molecule has 8 nitrogen and oxygen atoms in total. The molecule has 1 atom stereocenters. The Morgan fingerprint density at radius 1 is 1.13 bits per heavy atom. The van der Waals surface area contributed by atoms with Crippen molar-refractivity contribution in [2.45, 2.75) is 71.2 Å². The summed E-state index contributed by atoms with van der Waals surface area (Å²) in [6.45, 7) is 7.80. The van der Waals surface area contributed by atoms with E-state index in [1.807, 2.05) is 0 Å². The van der Waals surface area contributed by atoms with Crippen LogP contribution in [-0.4, -0.2) is 38.5 Å². The number of esters is 2. The van der Waals surface area contributed by atoms with Crippen LogP contribution in [0.3, 0.4) is 0 Å². The molecule has 0 aliphatic rings. The summed E-state index contributed by atoms with van der Waals surface area (Å²) in [4.78, 5) is 23.8. The molecule has 3 N–H and O–H groups in total. The summed E-state index contributed by atoms with van der Waals surface area (Å²) in [5, 5.41) is 29.9. The van der Waals surface area contributed by atoms with E-state index in [4.69, 9.17) is 13.9 Å². The van der Waals surface area contributed by atoms with Gasteiger partial charge in [-0.25, -0.2) is 0 Å². The second-order valence-electron chi connectivity index (χ2n) is 8.81. The molecular weight excluding hydrogens is 404 g/mol. The van der Waals surface area contributed by atoms with Gasteiger partial charge in [0, 0.05) is 12.5 Å². The quantitative estimate of drug-likeness (QED) is 0.395. The van der Waals surface area contributed by atoms with Crippen molar-refractivity contribution in [1.29, 1.82) is 0 Å². The minimum Gasteiger partial charge on any atom is -0.508 e. The largest absolute Gasteiger partial charge is 0.508 e. The molecule has 0 amide bonds. The minimum absolute atomic E-state index is 0.0385. The van der Waals surface area contributed by atoms with Crippen molar-refractivity contribution in [3.05, 3.63) is 36.1 Å². The highest BCUT2D eigenvalue weighted by Crippen LogP contribution is 2.36. The Labute approximate surface area is 181 Å². The molecule has 1 heterocycles. The van der Waals surface area contributed by atoms with Gasteiger partial charge < -0.3 is 29.2 Å². The van der Waals surface area contributed by atoms with Crippen LogP contribution in [0.5, 0.6) is 11.5 Å². The molecule has 0 bridgehead atoms. The highest BCUT2D eigenvalue weighted by molar-refractivity contribution is 5.73. The van der Waals surface area contributed by atoms with Crippen LogP contribution < -0.4 is 0 Å². The third-order valence-corrected chi connectivity index (χ3v) is 4.52. The topological polar surface area (TPSA) is 126 Å². The number of phenolic OH excluding ortho intramolecular Hbond substituents is 2. The lowest BCUT2D eigenvalue weighted by molar-refractivity contribution is -0.164. The zero-order valence-corrected chi connectivity index (χ0v) is 18.5. The van der Waals surface area contributed by atoms with E-state index >= 15 is 0 Å². The molecule has 0 radical (unpaired) electrons. The lowest BCUT2D eigenvalue weighted by Gasteiger charge is -2.26. The fraction of sp³-hybridized carbons (Fsp3) is 0.478. The van der Waals surface area contributed by atoms with Crippen LogP contribution in [0, 0.1) is 0 Å². The first kappa shape index (κ1) is 24.3. The van der Waals surface area contributed by atoms with Crippen LogP contribution in [0.15, 0.2) is 34.9 Å². The van der Waals surface area contributed by atoms with Crippen LogP contribution in [0.25, 0.3) is 11.3 Å². The van der Waals surface area contributed by atoms with Crippen molar-refractivity contribution in [3.63, 3.8) is 0 Å². The summed E-state index contributed by atoms with van der Waals surface area (Å²) in [7, 11) is 0. The Kier molecular flexibility index (Phi) is 7.38. The Bertz CT molecular complexity index is 920. The fourth-order valence-electron chi connectivity index (χ4n) is 3.13. The van der Waals surface area contributed by atoms with Crippen molar-refractivity contribution in [2.75, 3.05) is 0 Å². The van der Waals surface area contributed by atoms with Crippen molar-refractivity contribution >= 4 is 11.9 Å². The van der Waals surface area contributed by atoms with E-state index in [0.717, 1.165) is 0 Å². The smallest absolute Gasteiger partial charge is 0.310 e. The minimum atomic E-state index is -1.03. The summed E-state index contributed by atoms with van der Waals surface area (Å²) in [6.07, 6.45) is 1.18. The number of phenols is 2. The summed E-state index contributed by atoms with van der Waals surface area (Å²) in [5.74, 6) is -0.903. The van der Waals surface area contributed by atoms with E-state index in [-0.39, 0.29) is 29.2 Å². The highest BCUT2D eigenvalue weighted by atomic mass is 16.6. The fourth-order valence-corrected chi connectivity index (χ4v) is 3.13. The van der Waals surface area contributed by atoms with Crippen molar-refractivity contribution in [2.24, 2.45) is 0 Å². The third-order valence-electron chi connectivity index (χ3n) is 4.52. The van der Waals surface area contributed by atoms with E-state index in [2.05, 4.69) is 0 Å². The number of ether oxygens (including phenoxy) is 2. The molecule has 1 unspecified atom stereocenters. The van der Waals surface area contributed by atoms with E-state index in [9.17, 15) is 24.9 Å². The lowest BCUT2D eigenvalue weighted by Crippen LogP contribution is -2.31. The van der Waals surface area contributed by atoms with Gasteiger partial charge in [0.2, 0.25) is 0 Å². The molecule has 170 valence electrons. The Balaban J connectivity index is 2.24. The number of aromatic hydroxyl groups is 2. The van der Waals surface area contributed by atoms with Gasteiger partial charge in [-0.05, 0) is 64.8 Å². The molecule has 0 fully saturated rings. The number of benzene rings is 1. The van der Waals surface area contributed by atoms with Crippen molar-refractivity contribution in [1.82, 2.24) is 0 Å². The first-order chi connectivity index (χ1) is 14.3. The van der Waals surface area contributed by atoms with Crippen LogP contribution in [0.1, 0.15) is 65.5 Å². The number of aliphatic hydroxyl groups is 1. The molecule has 1 aromatic heterocycles. The van der Waals surface area contributed by atoms with Crippen LogP contribution >= 0.6 is 0 Å². The number of carbonyl (C=O) groups is 2. The van der Waals surface area contributed by atoms with Gasteiger partial charge in [-0.1, -0.05) is 0 Å². The zero-order chi connectivity index (χ0) is 23.4. The molecule has 0 aliphatic heterocycles. The average Bonchev–Trinajstić information content (AvgIpc) is 3.07. The summed E-state index contributed by atoms with van der Waals surface area (Å²) >= 11 is 0. The molecule has 0 aliphatic carbocycles. The number of hydrogen-bond donors (Lipinski definition) is 3. The normalized spacial score (nSPS) is 13.0. The predicted octanol–water partition coefficient (Wildman–Crippen LogP) is 4.23. The maximum atomic E-state index is 12.5. The van der Waals surface area contributed by atoms with Gasteiger partial charge in [-0.2, -0.15) is 0 Å². The first-order valence-electron chi connectivity index (χ1n) is 9.98. The first-order valence-corrected chi connectivity index (χ1v) is 9.98. The lowest BCUT2D eigenvalue weighted by atomic mass is 9.97. The summed E-state index contributed by atoms with van der Waals surface area (Å²) in [5.41, 5.74) is -1.19. The number of carbonyl (C=O) groups excluding carboxylic acids is 2. The monoisotopic (exact) mass is 434 g/mol. The molecule has 2 rings (SSSR count). The van der Waals surface area contributed by atoms with Crippen LogP contribution in [0.4, 0.5) is 0 Å². The Morgan fingerprint density at radius 2 is 1.81 bits per heavy atom. The Hall–Kier alpha value is -3.00. The second-order valence-corrected chi connectivity index (χ2v) is 8.81. The van der Waals surface area contributed by atoms with Gasteiger partial charge in [0.1, 0.15) is 29.0 Å². The van der Waals surface area contributed by atoms with Gasteiger partial charge in [-0.15, -0.1) is 0 Å². The van der Waals surface area contributed by atoms with E-state index in [0.29, 0.717) is 18.4 Å². The van der Waals surface area contributed by atoms with Crippen molar-refractivity contribution in [3.8, 4) is 22.8 Å². The SMILES string of the molecule is CC(=O)OC(C)(C)CC(=O)OC(CCC(C)(C)O)c1coc(-c2cc(O)ccc2O)c1. The van der Waals surface area contributed by atoms with E-state index < -0.39 is 29.2 Å². The average molecular weight is 434 g/mol. The summed E-state index contributed by atoms with van der Waals surface area (Å²) in [6, 6.07) is 5.66. The molecule has 8 heteroatoms. The molecule has 1 aromatic carbocycles. The van der Waals surface area contributed by atoms with Crippen LogP contribution in [0.2, 0.25) is 0 Å². The standard InChI is InChI=1S/C23H30O8/c1-14(24)31-23(4,5)12-21(27)30-19(8-9-22(2,3)28)15-10-20(29-13-15)17-11-16(25)6-7-18(17)26/h6-7,10-11,13,19,25-26,28H,8-9,12H2,1-5H3. The maximum absolute atomic E-state index is 12.5. The number of rotatable bonds is 9. The van der Waals surface area contributed by atoms with Gasteiger partial charge in [0.05, 0.1) is 23.8 Å².